The fraction of sp³-hybridized carbons (Fsp3) is 1.00. The Morgan fingerprint density at radius 2 is 2.06 bits per heavy atom. The van der Waals surface area contributed by atoms with Gasteiger partial charge in [-0.15, -0.1) is 0 Å². The Kier molecular flexibility index (Phi) is 4.45. The molecule has 0 radical (unpaired) electrons. The van der Waals surface area contributed by atoms with Crippen molar-refractivity contribution in [1.29, 1.82) is 0 Å². The van der Waals surface area contributed by atoms with Gasteiger partial charge in [0.15, 0.2) is 0 Å². The quantitative estimate of drug-likeness (QED) is 0.803. The average Bonchev–Trinajstić information content (AvgIpc) is 2.32. The van der Waals surface area contributed by atoms with Gasteiger partial charge in [-0.1, -0.05) is 13.8 Å². The van der Waals surface area contributed by atoms with E-state index in [0.717, 1.165) is 38.3 Å². The van der Waals surface area contributed by atoms with Crippen molar-refractivity contribution in [3.63, 3.8) is 0 Å². The molecule has 1 saturated heterocycles. The van der Waals surface area contributed by atoms with E-state index in [4.69, 9.17) is 4.74 Å². The monoisotopic (exact) mass is 241 g/mol. The van der Waals surface area contributed by atoms with Gasteiger partial charge in [-0.2, -0.15) is 0 Å². The second-order valence-corrected chi connectivity index (χ2v) is 5.96. The highest BCUT2D eigenvalue weighted by molar-refractivity contribution is 4.91. The highest BCUT2D eigenvalue weighted by Crippen LogP contribution is 2.31. The topological polar surface area (TPSA) is 32.7 Å². The van der Waals surface area contributed by atoms with Gasteiger partial charge in [0.25, 0.3) is 0 Å². The summed E-state index contributed by atoms with van der Waals surface area (Å²) in [4.78, 5) is 2.52. The van der Waals surface area contributed by atoms with Crippen LogP contribution in [0.25, 0.3) is 0 Å². The largest absolute Gasteiger partial charge is 0.391 e. The van der Waals surface area contributed by atoms with Crippen molar-refractivity contribution in [3.05, 3.63) is 0 Å². The SMILES string of the molecule is CCC1COC(C)CN1C1CC(C)CCC1O. The summed E-state index contributed by atoms with van der Waals surface area (Å²) in [5.41, 5.74) is 0. The van der Waals surface area contributed by atoms with E-state index < -0.39 is 0 Å². The molecule has 1 aliphatic heterocycles. The van der Waals surface area contributed by atoms with E-state index >= 15 is 0 Å². The van der Waals surface area contributed by atoms with E-state index in [9.17, 15) is 5.11 Å². The molecule has 0 bridgehead atoms. The molecule has 5 atom stereocenters. The van der Waals surface area contributed by atoms with Gasteiger partial charge >= 0.3 is 0 Å². The first-order valence-electron chi connectivity index (χ1n) is 7.17. The lowest BCUT2D eigenvalue weighted by Gasteiger charge is -2.47. The molecule has 0 aromatic rings. The molecule has 0 aromatic carbocycles. The molecule has 100 valence electrons. The summed E-state index contributed by atoms with van der Waals surface area (Å²) in [5, 5.41) is 10.3. The molecule has 0 spiro atoms. The third kappa shape index (κ3) is 3.01. The van der Waals surface area contributed by atoms with Crippen LogP contribution in [0.3, 0.4) is 0 Å². The Balaban J connectivity index is 2.05. The molecule has 3 nitrogen and oxygen atoms in total. The number of hydrogen-bond acceptors (Lipinski definition) is 3. The van der Waals surface area contributed by atoms with Crippen molar-refractivity contribution in [3.8, 4) is 0 Å². The summed E-state index contributed by atoms with van der Waals surface area (Å²) >= 11 is 0. The molecule has 3 heteroatoms. The maximum atomic E-state index is 10.3. The van der Waals surface area contributed by atoms with Gasteiger partial charge in [-0.3, -0.25) is 4.90 Å². The van der Waals surface area contributed by atoms with Crippen LogP contribution in [0.5, 0.6) is 0 Å². The minimum atomic E-state index is -0.134. The van der Waals surface area contributed by atoms with Gasteiger partial charge in [0, 0.05) is 18.6 Å². The smallest absolute Gasteiger partial charge is 0.0695 e. The molecule has 2 aliphatic rings. The highest BCUT2D eigenvalue weighted by atomic mass is 16.5. The van der Waals surface area contributed by atoms with Crippen LogP contribution in [0.15, 0.2) is 0 Å². The first-order chi connectivity index (χ1) is 8.11. The van der Waals surface area contributed by atoms with Crippen LogP contribution in [-0.2, 0) is 4.74 Å². The predicted molar refractivity (Wildman–Crippen MR) is 69.0 cm³/mol. The number of aliphatic hydroxyl groups is 1. The molecule has 17 heavy (non-hydrogen) atoms. The Bertz CT molecular complexity index is 246. The van der Waals surface area contributed by atoms with E-state index in [1.807, 2.05) is 0 Å². The maximum absolute atomic E-state index is 10.3. The van der Waals surface area contributed by atoms with Crippen molar-refractivity contribution in [2.45, 2.75) is 70.7 Å². The van der Waals surface area contributed by atoms with Crippen LogP contribution < -0.4 is 0 Å². The number of rotatable bonds is 2. The van der Waals surface area contributed by atoms with Gasteiger partial charge in [-0.05, 0) is 38.5 Å². The second kappa shape index (κ2) is 5.68. The summed E-state index contributed by atoms with van der Waals surface area (Å²) in [6.07, 6.45) is 4.57. The normalized spacial score (nSPS) is 44.8. The van der Waals surface area contributed by atoms with Gasteiger partial charge in [0.05, 0.1) is 18.8 Å². The molecule has 5 unspecified atom stereocenters. The van der Waals surface area contributed by atoms with Crippen LogP contribution in [0.4, 0.5) is 0 Å². The van der Waals surface area contributed by atoms with Crippen molar-refractivity contribution >= 4 is 0 Å². The summed E-state index contributed by atoms with van der Waals surface area (Å²) < 4.78 is 5.74. The average molecular weight is 241 g/mol. The van der Waals surface area contributed by atoms with E-state index in [1.54, 1.807) is 0 Å². The Hall–Kier alpha value is -0.120. The first-order valence-corrected chi connectivity index (χ1v) is 7.17. The predicted octanol–water partition coefficient (Wildman–Crippen LogP) is 2.04. The number of nitrogens with zero attached hydrogens (tertiary/aromatic N) is 1. The van der Waals surface area contributed by atoms with E-state index in [1.165, 1.54) is 6.42 Å². The molecular formula is C14H27NO2. The van der Waals surface area contributed by atoms with Crippen molar-refractivity contribution in [2.75, 3.05) is 13.2 Å². The Morgan fingerprint density at radius 3 is 2.76 bits per heavy atom. The van der Waals surface area contributed by atoms with Crippen LogP contribution >= 0.6 is 0 Å². The van der Waals surface area contributed by atoms with Gasteiger partial charge in [0.2, 0.25) is 0 Å². The van der Waals surface area contributed by atoms with E-state index in [2.05, 4.69) is 25.7 Å². The lowest BCUT2D eigenvalue weighted by Crippen LogP contribution is -2.57. The molecule has 1 heterocycles. The lowest BCUT2D eigenvalue weighted by atomic mass is 9.83. The van der Waals surface area contributed by atoms with Gasteiger partial charge in [-0.25, -0.2) is 0 Å². The van der Waals surface area contributed by atoms with Crippen molar-refractivity contribution < 1.29 is 9.84 Å². The molecule has 2 fully saturated rings. The molecular weight excluding hydrogens is 214 g/mol. The third-order valence-electron chi connectivity index (χ3n) is 4.45. The van der Waals surface area contributed by atoms with Crippen LogP contribution in [0, 0.1) is 5.92 Å². The zero-order valence-corrected chi connectivity index (χ0v) is 11.4. The van der Waals surface area contributed by atoms with Crippen LogP contribution in [0.1, 0.15) is 46.5 Å². The van der Waals surface area contributed by atoms with E-state index in [-0.39, 0.29) is 6.10 Å². The number of ether oxygens (including phenoxy) is 1. The summed E-state index contributed by atoms with van der Waals surface area (Å²) in [6.45, 7) is 8.47. The van der Waals surface area contributed by atoms with Gasteiger partial charge < -0.3 is 9.84 Å². The summed E-state index contributed by atoms with van der Waals surface area (Å²) in [6, 6.07) is 0.853. The molecule has 0 amide bonds. The number of morpholine rings is 1. The summed E-state index contributed by atoms with van der Waals surface area (Å²) in [5.74, 6) is 0.749. The minimum absolute atomic E-state index is 0.134. The summed E-state index contributed by atoms with van der Waals surface area (Å²) in [7, 11) is 0. The number of aliphatic hydroxyl groups excluding tert-OH is 1. The standard InChI is InChI=1S/C14H27NO2/c1-4-12-9-17-11(3)8-15(12)13-7-10(2)5-6-14(13)16/h10-14,16H,4-9H2,1-3H3. The fourth-order valence-electron chi connectivity index (χ4n) is 3.32. The van der Waals surface area contributed by atoms with Crippen LogP contribution in [-0.4, -0.2) is 47.4 Å². The second-order valence-electron chi connectivity index (χ2n) is 5.96. The molecule has 0 aromatic heterocycles. The third-order valence-corrected chi connectivity index (χ3v) is 4.45. The fourth-order valence-corrected chi connectivity index (χ4v) is 3.32. The van der Waals surface area contributed by atoms with Gasteiger partial charge in [0.1, 0.15) is 0 Å². The highest BCUT2D eigenvalue weighted by Gasteiger charge is 2.37. The Labute approximate surface area is 105 Å². The zero-order valence-electron chi connectivity index (χ0n) is 11.4. The van der Waals surface area contributed by atoms with Crippen LogP contribution in [0.2, 0.25) is 0 Å². The lowest BCUT2D eigenvalue weighted by molar-refractivity contribution is -0.105. The molecule has 1 N–H and O–H groups in total. The maximum Gasteiger partial charge on any atom is 0.0695 e. The molecule has 2 rings (SSSR count). The molecule has 1 saturated carbocycles. The zero-order chi connectivity index (χ0) is 12.4. The van der Waals surface area contributed by atoms with Crippen molar-refractivity contribution in [2.24, 2.45) is 5.92 Å². The first kappa shape index (κ1) is 13.3. The van der Waals surface area contributed by atoms with E-state index in [0.29, 0.717) is 18.2 Å². The Morgan fingerprint density at radius 1 is 1.29 bits per heavy atom. The minimum Gasteiger partial charge on any atom is -0.391 e. The number of hydrogen-bond donors (Lipinski definition) is 1. The van der Waals surface area contributed by atoms with Crippen molar-refractivity contribution in [1.82, 2.24) is 4.90 Å². The molecule has 1 aliphatic carbocycles.